The third-order valence-corrected chi connectivity index (χ3v) is 4.25. The lowest BCUT2D eigenvalue weighted by molar-refractivity contribution is -0.120. The van der Waals surface area contributed by atoms with E-state index in [4.69, 9.17) is 0 Å². The summed E-state index contributed by atoms with van der Waals surface area (Å²) in [5.41, 5.74) is 3.13. The van der Waals surface area contributed by atoms with Gasteiger partial charge in [-0.05, 0) is 53.7 Å². The lowest BCUT2D eigenvalue weighted by Gasteiger charge is -2.16. The molecule has 0 aliphatic heterocycles. The van der Waals surface area contributed by atoms with Crippen LogP contribution in [0.15, 0.2) is 60.9 Å². The van der Waals surface area contributed by atoms with Gasteiger partial charge in [0.25, 0.3) is 0 Å². The van der Waals surface area contributed by atoms with Crippen LogP contribution in [0.3, 0.4) is 0 Å². The molecule has 0 atom stereocenters. The van der Waals surface area contributed by atoms with Gasteiger partial charge in [-0.3, -0.25) is 4.79 Å². The van der Waals surface area contributed by atoms with Crippen molar-refractivity contribution in [1.82, 2.24) is 30.4 Å². The summed E-state index contributed by atoms with van der Waals surface area (Å²) in [7, 11) is 2.10. The van der Waals surface area contributed by atoms with Crippen LogP contribution in [0, 0.1) is 0 Å². The molecule has 0 spiro atoms. The smallest absolute Gasteiger partial charge is 0.224 e. The molecule has 0 radical (unpaired) electrons. The van der Waals surface area contributed by atoms with Crippen molar-refractivity contribution in [3.05, 3.63) is 72.1 Å². The Kier molecular flexibility index (Phi) is 6.65. The Morgan fingerprint density at radius 3 is 2.56 bits per heavy atom. The molecule has 7 nitrogen and oxygen atoms in total. The van der Waals surface area contributed by atoms with Crippen LogP contribution >= 0.6 is 0 Å². The average molecular weight is 364 g/mol. The largest absolute Gasteiger partial charge is 0.356 e. The monoisotopic (exact) mass is 364 g/mol. The lowest BCUT2D eigenvalue weighted by atomic mass is 10.1. The highest BCUT2D eigenvalue weighted by Crippen LogP contribution is 2.08. The maximum Gasteiger partial charge on any atom is 0.224 e. The van der Waals surface area contributed by atoms with Gasteiger partial charge in [-0.2, -0.15) is 0 Å². The number of nitrogens with zero attached hydrogens (tertiary/aromatic N) is 5. The van der Waals surface area contributed by atoms with Crippen molar-refractivity contribution in [2.75, 3.05) is 20.1 Å². The SMILES string of the molecule is CN(CCCNC(=O)Cc1ccc(-n2cnnn2)cc1)Cc1ccccc1. The first kappa shape index (κ1) is 18.7. The van der Waals surface area contributed by atoms with E-state index in [0.717, 1.165) is 30.8 Å². The molecule has 0 saturated carbocycles. The minimum atomic E-state index is 0.0379. The second kappa shape index (κ2) is 9.59. The van der Waals surface area contributed by atoms with E-state index in [0.29, 0.717) is 13.0 Å². The van der Waals surface area contributed by atoms with Gasteiger partial charge in [0.05, 0.1) is 12.1 Å². The Balaban J connectivity index is 1.35. The molecule has 1 aromatic heterocycles. The second-order valence-corrected chi connectivity index (χ2v) is 6.52. The molecular weight excluding hydrogens is 340 g/mol. The van der Waals surface area contributed by atoms with Crippen LogP contribution in [0.1, 0.15) is 17.5 Å². The maximum absolute atomic E-state index is 12.1. The van der Waals surface area contributed by atoms with Crippen molar-refractivity contribution < 1.29 is 4.79 Å². The van der Waals surface area contributed by atoms with Gasteiger partial charge >= 0.3 is 0 Å². The maximum atomic E-state index is 12.1. The molecule has 1 N–H and O–H groups in total. The fraction of sp³-hybridized carbons (Fsp3) is 0.300. The Morgan fingerprint density at radius 1 is 1.07 bits per heavy atom. The molecule has 0 saturated heterocycles. The summed E-state index contributed by atoms with van der Waals surface area (Å²) in [4.78, 5) is 14.4. The lowest BCUT2D eigenvalue weighted by Crippen LogP contribution is -2.29. The summed E-state index contributed by atoms with van der Waals surface area (Å²) in [6.45, 7) is 2.54. The number of hydrogen-bond donors (Lipinski definition) is 1. The quantitative estimate of drug-likeness (QED) is 0.587. The first-order valence-corrected chi connectivity index (χ1v) is 9.02. The average Bonchev–Trinajstić information content (AvgIpc) is 3.21. The van der Waals surface area contributed by atoms with Crippen molar-refractivity contribution >= 4 is 5.91 Å². The molecule has 3 aromatic rings. The zero-order valence-electron chi connectivity index (χ0n) is 15.5. The van der Waals surface area contributed by atoms with Gasteiger partial charge in [0, 0.05) is 13.1 Å². The highest BCUT2D eigenvalue weighted by atomic mass is 16.1. The summed E-state index contributed by atoms with van der Waals surface area (Å²) in [6.07, 6.45) is 2.83. The highest BCUT2D eigenvalue weighted by molar-refractivity contribution is 5.78. The molecule has 0 aliphatic carbocycles. The number of benzene rings is 2. The van der Waals surface area contributed by atoms with Gasteiger partial charge in [0.2, 0.25) is 5.91 Å². The van der Waals surface area contributed by atoms with Gasteiger partial charge in [0.1, 0.15) is 6.33 Å². The number of tetrazole rings is 1. The standard InChI is InChI=1S/C20H24N6O/c1-25(15-18-6-3-2-4-7-18)13-5-12-21-20(27)14-17-8-10-19(11-9-17)26-16-22-23-24-26/h2-4,6-11,16H,5,12-15H2,1H3,(H,21,27). The molecule has 7 heteroatoms. The number of carbonyl (C=O) groups excluding carboxylic acids is 1. The Morgan fingerprint density at radius 2 is 1.85 bits per heavy atom. The Bertz CT molecular complexity index is 817. The van der Waals surface area contributed by atoms with Gasteiger partial charge < -0.3 is 10.2 Å². The molecule has 0 bridgehead atoms. The molecule has 1 heterocycles. The van der Waals surface area contributed by atoms with Gasteiger partial charge in [-0.25, -0.2) is 4.68 Å². The summed E-state index contributed by atoms with van der Waals surface area (Å²) >= 11 is 0. The van der Waals surface area contributed by atoms with Crippen molar-refractivity contribution in [2.24, 2.45) is 0 Å². The summed E-state index contributed by atoms with van der Waals surface area (Å²) in [5.74, 6) is 0.0379. The number of rotatable bonds is 9. The van der Waals surface area contributed by atoms with Crippen LogP contribution in [0.25, 0.3) is 5.69 Å². The van der Waals surface area contributed by atoms with Crippen LogP contribution in [0.2, 0.25) is 0 Å². The molecule has 0 unspecified atom stereocenters. The fourth-order valence-electron chi connectivity index (χ4n) is 2.84. The second-order valence-electron chi connectivity index (χ2n) is 6.52. The van der Waals surface area contributed by atoms with E-state index in [-0.39, 0.29) is 5.91 Å². The van der Waals surface area contributed by atoms with Gasteiger partial charge in [-0.15, -0.1) is 5.10 Å². The molecular formula is C20H24N6O. The molecule has 1 amide bonds. The van der Waals surface area contributed by atoms with Crippen molar-refractivity contribution in [1.29, 1.82) is 0 Å². The normalized spacial score (nSPS) is 10.9. The van der Waals surface area contributed by atoms with E-state index in [1.165, 1.54) is 11.9 Å². The van der Waals surface area contributed by atoms with Gasteiger partial charge in [-0.1, -0.05) is 42.5 Å². The number of amides is 1. The predicted molar refractivity (Wildman–Crippen MR) is 103 cm³/mol. The molecule has 140 valence electrons. The predicted octanol–water partition coefficient (Wildman–Crippen LogP) is 1.84. The summed E-state index contributed by atoms with van der Waals surface area (Å²) in [6, 6.07) is 18.0. The molecule has 27 heavy (non-hydrogen) atoms. The Labute approximate surface area is 159 Å². The summed E-state index contributed by atoms with van der Waals surface area (Å²) < 4.78 is 1.58. The van der Waals surface area contributed by atoms with Crippen molar-refractivity contribution in [3.8, 4) is 5.69 Å². The number of carbonyl (C=O) groups is 1. The third kappa shape index (κ3) is 6.00. The van der Waals surface area contributed by atoms with E-state index in [1.54, 1.807) is 4.68 Å². The van der Waals surface area contributed by atoms with Crippen molar-refractivity contribution in [2.45, 2.75) is 19.4 Å². The van der Waals surface area contributed by atoms with Crippen LogP contribution in [0.4, 0.5) is 0 Å². The van der Waals surface area contributed by atoms with Crippen molar-refractivity contribution in [3.63, 3.8) is 0 Å². The van der Waals surface area contributed by atoms with Crippen LogP contribution in [0.5, 0.6) is 0 Å². The zero-order chi connectivity index (χ0) is 18.9. The number of nitrogens with one attached hydrogen (secondary N) is 1. The van der Waals surface area contributed by atoms with E-state index < -0.39 is 0 Å². The first-order valence-electron chi connectivity index (χ1n) is 9.02. The summed E-state index contributed by atoms with van der Waals surface area (Å²) in [5, 5.41) is 14.1. The van der Waals surface area contributed by atoms with E-state index in [2.05, 4.69) is 57.1 Å². The number of aromatic nitrogens is 4. The van der Waals surface area contributed by atoms with Crippen LogP contribution < -0.4 is 5.32 Å². The number of hydrogen-bond acceptors (Lipinski definition) is 5. The highest BCUT2D eigenvalue weighted by Gasteiger charge is 2.05. The molecule has 2 aromatic carbocycles. The molecule has 0 aliphatic rings. The van der Waals surface area contributed by atoms with E-state index >= 15 is 0 Å². The fourth-order valence-corrected chi connectivity index (χ4v) is 2.84. The Hall–Kier alpha value is -3.06. The minimum absolute atomic E-state index is 0.0379. The van der Waals surface area contributed by atoms with E-state index in [9.17, 15) is 4.79 Å². The minimum Gasteiger partial charge on any atom is -0.356 e. The van der Waals surface area contributed by atoms with Gasteiger partial charge in [0.15, 0.2) is 0 Å². The zero-order valence-corrected chi connectivity index (χ0v) is 15.5. The molecule has 3 rings (SSSR count). The topological polar surface area (TPSA) is 75.9 Å². The third-order valence-electron chi connectivity index (χ3n) is 4.25. The first-order chi connectivity index (χ1) is 13.2. The van der Waals surface area contributed by atoms with Crippen LogP contribution in [-0.4, -0.2) is 51.2 Å². The molecule has 0 fully saturated rings. The van der Waals surface area contributed by atoms with E-state index in [1.807, 2.05) is 30.3 Å². The van der Waals surface area contributed by atoms with Crippen LogP contribution in [-0.2, 0) is 17.8 Å².